The van der Waals surface area contributed by atoms with Crippen LogP contribution >= 0.6 is 0 Å². The van der Waals surface area contributed by atoms with Crippen LogP contribution in [0.4, 0.5) is 0 Å². The van der Waals surface area contributed by atoms with Gasteiger partial charge in [0.2, 0.25) is 5.91 Å². The lowest BCUT2D eigenvalue weighted by Gasteiger charge is -2.36. The molecule has 6 nitrogen and oxygen atoms in total. The SMILES string of the molecule is C=CC(=O)N1CCC1C#Cc1cc2cc(-c3ccccc3O)nnc2[nH]1. The highest BCUT2D eigenvalue weighted by atomic mass is 16.3. The quantitative estimate of drug-likeness (QED) is 0.553. The average Bonchev–Trinajstić information content (AvgIpc) is 3.03. The van der Waals surface area contributed by atoms with Gasteiger partial charge >= 0.3 is 0 Å². The van der Waals surface area contributed by atoms with Crippen LogP contribution in [0.3, 0.4) is 0 Å². The van der Waals surface area contributed by atoms with E-state index in [1.807, 2.05) is 18.2 Å². The lowest BCUT2D eigenvalue weighted by atomic mass is 10.0. The van der Waals surface area contributed by atoms with Gasteiger partial charge in [0.25, 0.3) is 0 Å². The first kappa shape index (κ1) is 15.9. The number of phenolic OH excluding ortho intramolecular Hbond substituents is 1. The molecule has 0 bridgehead atoms. The maximum Gasteiger partial charge on any atom is 0.246 e. The Morgan fingerprint density at radius 3 is 2.92 bits per heavy atom. The Hall–Kier alpha value is -3.59. The van der Waals surface area contributed by atoms with E-state index in [1.54, 1.807) is 23.1 Å². The molecule has 1 aliphatic heterocycles. The summed E-state index contributed by atoms with van der Waals surface area (Å²) in [6.07, 6.45) is 2.18. The second-order valence-electron chi connectivity index (χ2n) is 6.04. The molecule has 0 saturated carbocycles. The van der Waals surface area contributed by atoms with Gasteiger partial charge in [-0.2, -0.15) is 0 Å². The van der Waals surface area contributed by atoms with Crippen molar-refractivity contribution in [1.82, 2.24) is 20.1 Å². The van der Waals surface area contributed by atoms with Gasteiger partial charge in [0, 0.05) is 17.5 Å². The minimum Gasteiger partial charge on any atom is -0.507 e. The van der Waals surface area contributed by atoms with Crippen molar-refractivity contribution in [3.05, 3.63) is 54.7 Å². The summed E-state index contributed by atoms with van der Waals surface area (Å²) < 4.78 is 0. The number of aromatic hydroxyl groups is 1. The van der Waals surface area contributed by atoms with Crippen LogP contribution in [0, 0.1) is 11.8 Å². The zero-order chi connectivity index (χ0) is 18.1. The Balaban J connectivity index is 1.61. The molecule has 3 heterocycles. The number of rotatable bonds is 2. The number of carbonyl (C=O) groups is 1. The molecule has 0 spiro atoms. The number of phenols is 1. The molecule has 1 aliphatic rings. The second-order valence-corrected chi connectivity index (χ2v) is 6.04. The van der Waals surface area contributed by atoms with Gasteiger partial charge in [-0.15, -0.1) is 10.2 Å². The number of nitrogens with zero attached hydrogens (tertiary/aromatic N) is 3. The lowest BCUT2D eigenvalue weighted by Crippen LogP contribution is -2.49. The molecular formula is C20H16N4O2. The van der Waals surface area contributed by atoms with E-state index in [0.717, 1.165) is 11.8 Å². The Labute approximate surface area is 150 Å². The summed E-state index contributed by atoms with van der Waals surface area (Å²) in [5.41, 5.74) is 2.56. The molecule has 0 aliphatic carbocycles. The third-order valence-corrected chi connectivity index (χ3v) is 4.41. The Morgan fingerprint density at radius 1 is 1.35 bits per heavy atom. The molecule has 0 radical (unpaired) electrons. The smallest absolute Gasteiger partial charge is 0.246 e. The van der Waals surface area contributed by atoms with E-state index >= 15 is 0 Å². The van der Waals surface area contributed by atoms with Gasteiger partial charge in [0.1, 0.15) is 5.75 Å². The highest BCUT2D eigenvalue weighted by Crippen LogP contribution is 2.28. The monoisotopic (exact) mass is 344 g/mol. The normalized spacial score (nSPS) is 15.8. The molecule has 128 valence electrons. The molecule has 1 amide bonds. The number of likely N-dealkylation sites (tertiary alicyclic amines) is 1. The van der Waals surface area contributed by atoms with Crippen LogP contribution in [0.5, 0.6) is 5.75 Å². The van der Waals surface area contributed by atoms with Crippen molar-refractivity contribution < 1.29 is 9.90 Å². The van der Waals surface area contributed by atoms with Crippen LogP contribution in [0.2, 0.25) is 0 Å². The van der Waals surface area contributed by atoms with Crippen molar-refractivity contribution in [2.24, 2.45) is 0 Å². The van der Waals surface area contributed by atoms with E-state index in [2.05, 4.69) is 33.6 Å². The summed E-state index contributed by atoms with van der Waals surface area (Å²) in [5, 5.41) is 19.2. The molecule has 1 saturated heterocycles. The number of amides is 1. The molecule has 1 aromatic carbocycles. The number of nitrogens with one attached hydrogen (secondary N) is 1. The topological polar surface area (TPSA) is 82.1 Å². The van der Waals surface area contributed by atoms with E-state index in [4.69, 9.17) is 0 Å². The van der Waals surface area contributed by atoms with Crippen LogP contribution < -0.4 is 0 Å². The number of hydrogen-bond acceptors (Lipinski definition) is 4. The molecule has 1 atom stereocenters. The van der Waals surface area contributed by atoms with Crippen LogP contribution in [0.1, 0.15) is 12.1 Å². The Kier molecular flexibility index (Phi) is 3.90. The van der Waals surface area contributed by atoms with Crippen LogP contribution in [0.25, 0.3) is 22.3 Å². The van der Waals surface area contributed by atoms with Crippen LogP contribution in [0.15, 0.2) is 49.1 Å². The number of hydrogen-bond donors (Lipinski definition) is 2. The number of para-hydroxylation sites is 1. The number of H-pyrrole nitrogens is 1. The van der Waals surface area contributed by atoms with Gasteiger partial charge in [0.05, 0.1) is 17.4 Å². The predicted molar refractivity (Wildman–Crippen MR) is 98.2 cm³/mol. The molecule has 2 aromatic heterocycles. The van der Waals surface area contributed by atoms with E-state index in [1.165, 1.54) is 6.08 Å². The van der Waals surface area contributed by atoms with Gasteiger partial charge in [-0.3, -0.25) is 4.79 Å². The Morgan fingerprint density at radius 2 is 2.19 bits per heavy atom. The molecule has 3 aromatic rings. The minimum absolute atomic E-state index is 0.0742. The summed E-state index contributed by atoms with van der Waals surface area (Å²) in [4.78, 5) is 16.5. The third kappa shape index (κ3) is 2.80. The molecule has 6 heteroatoms. The van der Waals surface area contributed by atoms with Gasteiger partial charge < -0.3 is 15.0 Å². The summed E-state index contributed by atoms with van der Waals surface area (Å²) in [5.74, 6) is 6.24. The zero-order valence-corrected chi connectivity index (χ0v) is 13.9. The fourth-order valence-corrected chi connectivity index (χ4v) is 2.90. The first-order chi connectivity index (χ1) is 12.7. The van der Waals surface area contributed by atoms with Gasteiger partial charge in [-0.05, 0) is 42.7 Å². The standard InChI is InChI=1S/C20H16N4O2/c1-2-19(26)24-10-9-15(24)8-7-14-11-13-12-17(22-23-20(13)21-14)16-5-3-4-6-18(16)25/h2-6,11-12,15,25H,1,9-10H2,(H,21,23). The van der Waals surface area contributed by atoms with Crippen molar-refractivity contribution >= 4 is 16.9 Å². The summed E-state index contributed by atoms with van der Waals surface area (Å²) in [7, 11) is 0. The predicted octanol–water partition coefficient (Wildman–Crippen LogP) is 2.47. The molecule has 4 rings (SSSR count). The molecule has 26 heavy (non-hydrogen) atoms. The zero-order valence-electron chi connectivity index (χ0n) is 13.9. The van der Waals surface area contributed by atoms with Crippen molar-refractivity contribution in [3.8, 4) is 28.8 Å². The third-order valence-electron chi connectivity index (χ3n) is 4.41. The summed E-state index contributed by atoms with van der Waals surface area (Å²) in [6, 6.07) is 10.7. The van der Waals surface area contributed by atoms with Crippen molar-refractivity contribution in [2.75, 3.05) is 6.54 Å². The molecular weight excluding hydrogens is 328 g/mol. The number of aromatic amines is 1. The van der Waals surface area contributed by atoms with E-state index < -0.39 is 0 Å². The van der Waals surface area contributed by atoms with E-state index in [0.29, 0.717) is 29.1 Å². The molecule has 1 unspecified atom stereocenters. The number of carbonyl (C=O) groups excluding carboxylic acids is 1. The second kappa shape index (κ2) is 6.37. The van der Waals surface area contributed by atoms with Crippen LogP contribution in [-0.2, 0) is 4.79 Å². The minimum atomic E-state index is -0.0922. The van der Waals surface area contributed by atoms with Gasteiger partial charge in [-0.1, -0.05) is 24.6 Å². The number of benzene rings is 1. The maximum absolute atomic E-state index is 11.6. The largest absolute Gasteiger partial charge is 0.507 e. The fourth-order valence-electron chi connectivity index (χ4n) is 2.90. The first-order valence-corrected chi connectivity index (χ1v) is 8.25. The highest BCUT2D eigenvalue weighted by Gasteiger charge is 2.28. The molecule has 1 fully saturated rings. The maximum atomic E-state index is 11.6. The van der Waals surface area contributed by atoms with Gasteiger partial charge in [-0.25, -0.2) is 0 Å². The van der Waals surface area contributed by atoms with Gasteiger partial charge in [0.15, 0.2) is 5.65 Å². The first-order valence-electron chi connectivity index (χ1n) is 8.25. The van der Waals surface area contributed by atoms with E-state index in [-0.39, 0.29) is 17.7 Å². The summed E-state index contributed by atoms with van der Waals surface area (Å²) in [6.45, 7) is 4.22. The van der Waals surface area contributed by atoms with Crippen molar-refractivity contribution in [1.29, 1.82) is 0 Å². The van der Waals surface area contributed by atoms with Crippen LogP contribution in [-0.4, -0.2) is 43.7 Å². The lowest BCUT2D eigenvalue weighted by molar-refractivity contribution is -0.131. The Bertz CT molecular complexity index is 1070. The molecule has 2 N–H and O–H groups in total. The average molecular weight is 344 g/mol. The fraction of sp³-hybridized carbons (Fsp3) is 0.150. The highest BCUT2D eigenvalue weighted by molar-refractivity contribution is 5.88. The summed E-state index contributed by atoms with van der Waals surface area (Å²) >= 11 is 0. The number of aromatic nitrogens is 3. The number of fused-ring (bicyclic) bond motifs is 1. The van der Waals surface area contributed by atoms with Crippen molar-refractivity contribution in [2.45, 2.75) is 12.5 Å². The van der Waals surface area contributed by atoms with Crippen molar-refractivity contribution in [3.63, 3.8) is 0 Å². The van der Waals surface area contributed by atoms with E-state index in [9.17, 15) is 9.90 Å².